The number of halogens is 2. The van der Waals surface area contributed by atoms with Crippen molar-refractivity contribution in [2.45, 2.75) is 0 Å². The van der Waals surface area contributed by atoms with Gasteiger partial charge >= 0.3 is 0 Å². The van der Waals surface area contributed by atoms with Crippen molar-refractivity contribution >= 4 is 23.1 Å². The zero-order valence-electron chi connectivity index (χ0n) is 6.25. The number of rotatable bonds is 2. The van der Waals surface area contributed by atoms with E-state index >= 15 is 0 Å². The van der Waals surface area contributed by atoms with Gasteiger partial charge in [-0.3, -0.25) is 9.59 Å². The highest BCUT2D eigenvalue weighted by molar-refractivity contribution is 6.67. The van der Waals surface area contributed by atoms with Crippen LogP contribution in [0.15, 0.2) is 12.1 Å². The Bertz CT molecular complexity index is 376. The first-order valence-electron chi connectivity index (χ1n) is 3.23. The molecule has 3 nitrogen and oxygen atoms in total. The number of carbonyl (C=O) groups is 2. The maximum atomic E-state index is 12.8. The molecule has 0 radical (unpaired) electrons. The summed E-state index contributed by atoms with van der Waals surface area (Å²) >= 11 is 5.05. The molecule has 1 rings (SSSR count). The van der Waals surface area contributed by atoms with Crippen molar-refractivity contribution in [1.29, 1.82) is 0 Å². The Morgan fingerprint density at radius 3 is 2.62 bits per heavy atom. The van der Waals surface area contributed by atoms with E-state index in [1.165, 1.54) is 0 Å². The molecule has 0 heterocycles. The lowest BCUT2D eigenvalue weighted by molar-refractivity contribution is 0.108. The van der Waals surface area contributed by atoms with Crippen molar-refractivity contribution < 1.29 is 19.1 Å². The van der Waals surface area contributed by atoms with Crippen LogP contribution >= 0.6 is 11.6 Å². The van der Waals surface area contributed by atoms with E-state index in [2.05, 4.69) is 0 Å². The van der Waals surface area contributed by atoms with Crippen molar-refractivity contribution in [3.63, 3.8) is 0 Å². The maximum Gasteiger partial charge on any atom is 0.252 e. The Hall–Kier alpha value is -1.42. The molecular weight excluding hydrogens is 199 g/mol. The average Bonchev–Trinajstić information content (AvgIpc) is 2.09. The molecule has 0 amide bonds. The van der Waals surface area contributed by atoms with Gasteiger partial charge in [-0.05, 0) is 23.7 Å². The molecule has 0 atom stereocenters. The van der Waals surface area contributed by atoms with E-state index in [4.69, 9.17) is 16.7 Å². The summed E-state index contributed by atoms with van der Waals surface area (Å²) in [6, 6.07) is 1.78. The minimum atomic E-state index is -1.05. The second kappa shape index (κ2) is 3.53. The van der Waals surface area contributed by atoms with E-state index in [0.717, 1.165) is 12.1 Å². The molecule has 0 saturated heterocycles. The lowest BCUT2D eigenvalue weighted by Crippen LogP contribution is -1.94. The molecule has 1 aromatic carbocycles. The highest BCUT2D eigenvalue weighted by Gasteiger charge is 2.12. The van der Waals surface area contributed by atoms with Gasteiger partial charge in [0.05, 0.1) is 5.56 Å². The third-order valence-corrected chi connectivity index (χ3v) is 1.67. The second-order valence-electron chi connectivity index (χ2n) is 2.29. The fraction of sp³-hybridized carbons (Fsp3) is 0. The third-order valence-electron chi connectivity index (χ3n) is 1.45. The van der Waals surface area contributed by atoms with Crippen molar-refractivity contribution in [2.75, 3.05) is 0 Å². The van der Waals surface area contributed by atoms with Gasteiger partial charge in [0.15, 0.2) is 17.9 Å². The van der Waals surface area contributed by atoms with E-state index in [1.807, 2.05) is 0 Å². The Labute approximate surface area is 77.7 Å². The number of aldehydes is 1. The van der Waals surface area contributed by atoms with Crippen LogP contribution in [-0.4, -0.2) is 16.6 Å². The Morgan fingerprint density at radius 2 is 2.15 bits per heavy atom. The van der Waals surface area contributed by atoms with Crippen molar-refractivity contribution in [3.8, 4) is 5.75 Å². The molecule has 0 bridgehead atoms. The van der Waals surface area contributed by atoms with Gasteiger partial charge in [0.2, 0.25) is 0 Å². The van der Waals surface area contributed by atoms with Gasteiger partial charge in [-0.2, -0.15) is 0 Å². The van der Waals surface area contributed by atoms with E-state index in [0.29, 0.717) is 0 Å². The van der Waals surface area contributed by atoms with Crippen LogP contribution in [0.5, 0.6) is 5.75 Å². The van der Waals surface area contributed by atoms with Crippen LogP contribution in [0.25, 0.3) is 0 Å². The average molecular weight is 203 g/mol. The summed E-state index contributed by atoms with van der Waals surface area (Å²) in [6.45, 7) is 0. The quantitative estimate of drug-likeness (QED) is 0.587. The first-order valence-corrected chi connectivity index (χ1v) is 3.61. The maximum absolute atomic E-state index is 12.8. The highest BCUT2D eigenvalue weighted by Crippen LogP contribution is 2.22. The minimum absolute atomic E-state index is 0.168. The van der Waals surface area contributed by atoms with Crippen molar-refractivity contribution in [2.24, 2.45) is 0 Å². The first kappa shape index (κ1) is 9.67. The zero-order valence-corrected chi connectivity index (χ0v) is 7.01. The fourth-order valence-corrected chi connectivity index (χ4v) is 0.933. The number of hydrogen-bond donors (Lipinski definition) is 1. The first-order chi connectivity index (χ1) is 6.06. The number of benzene rings is 1. The van der Waals surface area contributed by atoms with Gasteiger partial charge in [-0.1, -0.05) is 0 Å². The molecule has 5 heteroatoms. The smallest absolute Gasteiger partial charge is 0.252 e. The molecule has 13 heavy (non-hydrogen) atoms. The SMILES string of the molecule is O=Cc1cc(C(=O)Cl)cc(F)c1O. The lowest BCUT2D eigenvalue weighted by Gasteiger charge is -2.00. The molecule has 1 aromatic rings. The van der Waals surface area contributed by atoms with Gasteiger partial charge in [-0.25, -0.2) is 4.39 Å². The topological polar surface area (TPSA) is 54.4 Å². The minimum Gasteiger partial charge on any atom is -0.504 e. The summed E-state index contributed by atoms with van der Waals surface area (Å²) in [6.07, 6.45) is 0.238. The molecule has 0 aliphatic heterocycles. The van der Waals surface area contributed by atoms with Crippen LogP contribution in [0, 0.1) is 5.82 Å². The summed E-state index contributed by atoms with van der Waals surface area (Å²) in [5, 5.41) is 8.06. The summed E-state index contributed by atoms with van der Waals surface area (Å²) in [4.78, 5) is 20.9. The number of phenolic OH excluding ortho intramolecular Hbond substituents is 1. The van der Waals surface area contributed by atoms with E-state index in [1.54, 1.807) is 0 Å². The molecule has 68 valence electrons. The van der Waals surface area contributed by atoms with Crippen LogP contribution in [-0.2, 0) is 0 Å². The Morgan fingerprint density at radius 1 is 1.54 bits per heavy atom. The van der Waals surface area contributed by atoms with E-state index in [-0.39, 0.29) is 17.4 Å². The molecule has 1 N–H and O–H groups in total. The molecule has 0 spiro atoms. The molecule has 0 aliphatic carbocycles. The second-order valence-corrected chi connectivity index (χ2v) is 2.63. The Balaban J connectivity index is 3.38. The van der Waals surface area contributed by atoms with Gasteiger partial charge in [0, 0.05) is 5.56 Å². The van der Waals surface area contributed by atoms with Crippen LogP contribution in [0.4, 0.5) is 4.39 Å². The molecule has 0 unspecified atom stereocenters. The molecular formula is C8H4ClFO3. The third kappa shape index (κ3) is 1.84. The van der Waals surface area contributed by atoms with Gasteiger partial charge in [0.1, 0.15) is 0 Å². The monoisotopic (exact) mass is 202 g/mol. The molecule has 0 aliphatic rings. The predicted octanol–water partition coefficient (Wildman–Crippen LogP) is 1.72. The molecule has 0 fully saturated rings. The van der Waals surface area contributed by atoms with Crippen LogP contribution in [0.1, 0.15) is 20.7 Å². The van der Waals surface area contributed by atoms with Crippen LogP contribution in [0.3, 0.4) is 0 Å². The largest absolute Gasteiger partial charge is 0.504 e. The van der Waals surface area contributed by atoms with Crippen LogP contribution < -0.4 is 0 Å². The standard InChI is InChI=1S/C8H4ClFO3/c9-8(13)4-1-5(3-11)7(12)6(10)2-4/h1-3,12H. The summed E-state index contributed by atoms with van der Waals surface area (Å²) in [5.74, 6) is -1.83. The highest BCUT2D eigenvalue weighted by atomic mass is 35.5. The predicted molar refractivity (Wildman–Crippen MR) is 43.6 cm³/mol. The summed E-state index contributed by atoms with van der Waals surface area (Å²) < 4.78 is 12.8. The fourth-order valence-electron chi connectivity index (χ4n) is 0.824. The van der Waals surface area contributed by atoms with Crippen LogP contribution in [0.2, 0.25) is 0 Å². The number of phenols is 1. The molecule has 0 saturated carbocycles. The van der Waals surface area contributed by atoms with Gasteiger partial charge in [-0.15, -0.1) is 0 Å². The number of carbonyl (C=O) groups excluding carboxylic acids is 2. The Kier molecular flexibility index (Phi) is 2.63. The van der Waals surface area contributed by atoms with E-state index in [9.17, 15) is 14.0 Å². The molecule has 0 aromatic heterocycles. The number of aromatic hydroxyl groups is 1. The summed E-state index contributed by atoms with van der Waals surface area (Å²) in [5.41, 5.74) is -0.469. The normalized spacial score (nSPS) is 9.69. The number of hydrogen-bond acceptors (Lipinski definition) is 3. The zero-order chi connectivity index (χ0) is 10.0. The van der Waals surface area contributed by atoms with E-state index < -0.39 is 16.8 Å². The van der Waals surface area contributed by atoms with Gasteiger partial charge in [0.25, 0.3) is 5.24 Å². The van der Waals surface area contributed by atoms with Crippen molar-refractivity contribution in [3.05, 3.63) is 29.1 Å². The van der Waals surface area contributed by atoms with Gasteiger partial charge < -0.3 is 5.11 Å². The lowest BCUT2D eigenvalue weighted by atomic mass is 10.1. The van der Waals surface area contributed by atoms with Crippen molar-refractivity contribution in [1.82, 2.24) is 0 Å². The summed E-state index contributed by atoms with van der Waals surface area (Å²) in [7, 11) is 0.